The summed E-state index contributed by atoms with van der Waals surface area (Å²) in [5, 5.41) is 9.22. The van der Waals surface area contributed by atoms with Gasteiger partial charge in [-0.25, -0.2) is 0 Å². The van der Waals surface area contributed by atoms with E-state index >= 15 is 0 Å². The van der Waals surface area contributed by atoms with Crippen LogP contribution >= 0.6 is 0 Å². The van der Waals surface area contributed by atoms with Crippen molar-refractivity contribution in [2.75, 3.05) is 6.61 Å². The Bertz CT molecular complexity index is 154. The number of alkyl halides is 3. The van der Waals surface area contributed by atoms with Crippen molar-refractivity contribution in [3.63, 3.8) is 0 Å². The lowest BCUT2D eigenvalue weighted by Crippen LogP contribution is -2.36. The summed E-state index contributed by atoms with van der Waals surface area (Å²) in [4.78, 5) is 0. The first-order valence-electron chi connectivity index (χ1n) is 4.05. The molecule has 0 fully saturated rings. The zero-order valence-electron chi connectivity index (χ0n) is 7.98. The summed E-state index contributed by atoms with van der Waals surface area (Å²) in [6.07, 6.45) is -6.71. The zero-order valence-corrected chi connectivity index (χ0v) is 7.98. The quantitative estimate of drug-likeness (QED) is 0.705. The molecule has 1 unspecified atom stereocenters. The zero-order chi connectivity index (χ0) is 10.7. The first-order valence-corrected chi connectivity index (χ1v) is 4.05. The van der Waals surface area contributed by atoms with Crippen LogP contribution in [0.4, 0.5) is 13.2 Å². The Hall–Kier alpha value is -0.290. The monoisotopic (exact) mass is 200 g/mol. The molecule has 0 aliphatic heterocycles. The minimum Gasteiger partial charge on any atom is -0.367 e. The van der Waals surface area contributed by atoms with Crippen molar-refractivity contribution < 1.29 is 23.0 Å². The van der Waals surface area contributed by atoms with Gasteiger partial charge in [0.15, 0.2) is 6.29 Å². The van der Waals surface area contributed by atoms with E-state index in [-0.39, 0.29) is 6.61 Å². The van der Waals surface area contributed by atoms with Crippen molar-refractivity contribution in [1.82, 2.24) is 0 Å². The Morgan fingerprint density at radius 1 is 1.31 bits per heavy atom. The molecule has 0 spiro atoms. The van der Waals surface area contributed by atoms with E-state index < -0.39 is 24.3 Å². The number of rotatable bonds is 4. The van der Waals surface area contributed by atoms with Crippen LogP contribution in [0.3, 0.4) is 0 Å². The Balaban J connectivity index is 4.21. The minimum absolute atomic E-state index is 0.197. The molecule has 0 bridgehead atoms. The Kier molecular flexibility index (Phi) is 4.19. The van der Waals surface area contributed by atoms with Gasteiger partial charge >= 0.3 is 6.18 Å². The van der Waals surface area contributed by atoms with Crippen LogP contribution in [0.25, 0.3) is 0 Å². The van der Waals surface area contributed by atoms with Crippen LogP contribution < -0.4 is 0 Å². The van der Waals surface area contributed by atoms with Gasteiger partial charge in [-0.3, -0.25) is 0 Å². The molecule has 0 aliphatic carbocycles. The normalized spacial score (nSPS) is 15.9. The molecule has 0 aromatic heterocycles. The van der Waals surface area contributed by atoms with Crippen LogP contribution in [0.15, 0.2) is 0 Å². The smallest absolute Gasteiger partial charge is 0.367 e. The molecule has 5 heteroatoms. The molecule has 2 nitrogen and oxygen atoms in total. The van der Waals surface area contributed by atoms with E-state index in [1.165, 1.54) is 13.8 Å². The van der Waals surface area contributed by atoms with Crippen molar-refractivity contribution in [2.24, 2.45) is 5.41 Å². The van der Waals surface area contributed by atoms with Gasteiger partial charge in [0.05, 0.1) is 6.42 Å². The molecule has 0 aromatic rings. The largest absolute Gasteiger partial charge is 0.389 e. The van der Waals surface area contributed by atoms with E-state index in [0.717, 1.165) is 0 Å². The van der Waals surface area contributed by atoms with Gasteiger partial charge in [0.2, 0.25) is 0 Å². The molecule has 80 valence electrons. The Labute approximate surface area is 75.7 Å². The molecule has 0 saturated heterocycles. The number of hydrogen-bond acceptors (Lipinski definition) is 2. The molecule has 0 amide bonds. The van der Waals surface area contributed by atoms with Crippen LogP contribution in [-0.4, -0.2) is 24.2 Å². The maximum absolute atomic E-state index is 12.0. The molecule has 0 rings (SSSR count). The average molecular weight is 200 g/mol. The SMILES string of the molecule is CCOC(O)C(C)(C)CC(F)(F)F. The first-order chi connectivity index (χ1) is 5.69. The van der Waals surface area contributed by atoms with E-state index in [2.05, 4.69) is 0 Å². The lowest BCUT2D eigenvalue weighted by atomic mass is 9.88. The second kappa shape index (κ2) is 4.28. The van der Waals surface area contributed by atoms with Gasteiger partial charge in [0.1, 0.15) is 0 Å². The highest BCUT2D eigenvalue weighted by atomic mass is 19.4. The number of aliphatic hydroxyl groups excluding tert-OH is 1. The fourth-order valence-electron chi connectivity index (χ4n) is 0.987. The summed E-state index contributed by atoms with van der Waals surface area (Å²) in [6, 6.07) is 0. The van der Waals surface area contributed by atoms with E-state index in [1.807, 2.05) is 0 Å². The second-order valence-electron chi connectivity index (χ2n) is 3.59. The van der Waals surface area contributed by atoms with E-state index in [4.69, 9.17) is 4.74 Å². The molecule has 0 aliphatic rings. The molecule has 1 N–H and O–H groups in total. The molecule has 0 saturated carbocycles. The van der Waals surface area contributed by atoms with Crippen LogP contribution in [-0.2, 0) is 4.74 Å². The third-order valence-electron chi connectivity index (χ3n) is 1.65. The van der Waals surface area contributed by atoms with E-state index in [0.29, 0.717) is 0 Å². The number of aliphatic hydroxyl groups is 1. The Morgan fingerprint density at radius 2 is 1.77 bits per heavy atom. The summed E-state index contributed by atoms with van der Waals surface area (Å²) >= 11 is 0. The predicted octanol–water partition coefficient (Wildman–Crippen LogP) is 2.32. The minimum atomic E-state index is -4.28. The van der Waals surface area contributed by atoms with Gasteiger partial charge in [-0.1, -0.05) is 13.8 Å². The highest BCUT2D eigenvalue weighted by Crippen LogP contribution is 2.35. The maximum atomic E-state index is 12.0. The maximum Gasteiger partial charge on any atom is 0.389 e. The van der Waals surface area contributed by atoms with Gasteiger partial charge in [-0.15, -0.1) is 0 Å². The van der Waals surface area contributed by atoms with Crippen LogP contribution in [0.5, 0.6) is 0 Å². The summed E-state index contributed by atoms with van der Waals surface area (Å²) in [5.74, 6) is 0. The van der Waals surface area contributed by atoms with Gasteiger partial charge in [-0.2, -0.15) is 13.2 Å². The first kappa shape index (κ1) is 12.7. The number of hydrogen-bond donors (Lipinski definition) is 1. The standard InChI is InChI=1S/C8H15F3O2/c1-4-13-6(12)7(2,3)5-8(9,10)11/h6,12H,4-5H2,1-3H3. The molecule has 0 aromatic carbocycles. The lowest BCUT2D eigenvalue weighted by Gasteiger charge is -2.30. The van der Waals surface area contributed by atoms with Crippen molar-refractivity contribution in [3.05, 3.63) is 0 Å². The van der Waals surface area contributed by atoms with E-state index in [1.54, 1.807) is 6.92 Å². The molecular weight excluding hydrogens is 185 g/mol. The third-order valence-corrected chi connectivity index (χ3v) is 1.65. The van der Waals surface area contributed by atoms with Gasteiger partial charge in [0.25, 0.3) is 0 Å². The topological polar surface area (TPSA) is 29.5 Å². The van der Waals surface area contributed by atoms with E-state index in [9.17, 15) is 18.3 Å². The van der Waals surface area contributed by atoms with Gasteiger partial charge in [0, 0.05) is 12.0 Å². The summed E-state index contributed by atoms with van der Waals surface area (Å²) < 4.78 is 40.7. The summed E-state index contributed by atoms with van der Waals surface area (Å²) in [7, 11) is 0. The van der Waals surface area contributed by atoms with Gasteiger partial charge < -0.3 is 9.84 Å². The molecule has 1 atom stereocenters. The fourth-order valence-corrected chi connectivity index (χ4v) is 0.987. The highest BCUT2D eigenvalue weighted by molar-refractivity contribution is 4.75. The number of ether oxygens (including phenoxy) is 1. The average Bonchev–Trinajstić information content (AvgIpc) is 1.82. The second-order valence-corrected chi connectivity index (χ2v) is 3.59. The van der Waals surface area contributed by atoms with Crippen molar-refractivity contribution in [3.8, 4) is 0 Å². The Morgan fingerprint density at radius 3 is 2.08 bits per heavy atom. The van der Waals surface area contributed by atoms with Crippen LogP contribution in [0, 0.1) is 5.41 Å². The van der Waals surface area contributed by atoms with Crippen molar-refractivity contribution >= 4 is 0 Å². The van der Waals surface area contributed by atoms with Crippen LogP contribution in [0.1, 0.15) is 27.2 Å². The third kappa shape index (κ3) is 5.10. The fraction of sp³-hybridized carbons (Fsp3) is 1.00. The molecule has 0 heterocycles. The van der Waals surface area contributed by atoms with Crippen molar-refractivity contribution in [2.45, 2.75) is 39.7 Å². The molecular formula is C8H15F3O2. The van der Waals surface area contributed by atoms with Crippen LogP contribution in [0.2, 0.25) is 0 Å². The van der Waals surface area contributed by atoms with Crippen molar-refractivity contribution in [1.29, 1.82) is 0 Å². The predicted molar refractivity (Wildman–Crippen MR) is 42.1 cm³/mol. The summed E-state index contributed by atoms with van der Waals surface area (Å²) in [5.41, 5.74) is -1.30. The lowest BCUT2D eigenvalue weighted by molar-refractivity contribution is -0.215. The molecule has 0 radical (unpaired) electrons. The number of halogens is 3. The summed E-state index contributed by atoms with van der Waals surface area (Å²) in [6.45, 7) is 4.46. The van der Waals surface area contributed by atoms with Gasteiger partial charge in [-0.05, 0) is 6.92 Å². The molecule has 13 heavy (non-hydrogen) atoms. The highest BCUT2D eigenvalue weighted by Gasteiger charge is 2.41.